The zero-order valence-corrected chi connectivity index (χ0v) is 33.8. The molecule has 0 saturated heterocycles. The number of hydrogen-bond acceptors (Lipinski definition) is 0. The molecule has 3 heteroatoms. The van der Waals surface area contributed by atoms with Crippen LogP contribution in [0.4, 0.5) is 0 Å². The number of pyridine rings is 3. The van der Waals surface area contributed by atoms with E-state index in [1.54, 1.807) is 0 Å². The molecule has 1 unspecified atom stereocenters. The largest absolute Gasteiger partial charge is 0.214 e. The molecule has 3 aromatic heterocycles. The predicted octanol–water partition coefficient (Wildman–Crippen LogP) is 11.5. The Morgan fingerprint density at radius 1 is 0.509 bits per heavy atom. The Morgan fingerprint density at radius 2 is 1.05 bits per heavy atom. The van der Waals surface area contributed by atoms with Gasteiger partial charge in [-0.15, -0.1) is 0 Å². The summed E-state index contributed by atoms with van der Waals surface area (Å²) in [7, 11) is 0. The first-order valence-corrected chi connectivity index (χ1v) is 20.6. The normalized spacial score (nSPS) is 14.0. The van der Waals surface area contributed by atoms with E-state index in [1.165, 1.54) is 66.5 Å². The summed E-state index contributed by atoms with van der Waals surface area (Å²) in [5, 5.41) is 2.61. The van der Waals surface area contributed by atoms with Crippen LogP contribution in [-0.2, 0) is 19.5 Å². The molecule has 282 valence electrons. The van der Waals surface area contributed by atoms with Crippen LogP contribution in [0.1, 0.15) is 79.3 Å². The standard InChI is InChI=1S/C54H54N3/c1-40(2)51-19-6-5-13-47(51)25-23-42-12-9-14-43(24-22-42)44-26-32-55(33-27-44)38-49-17-10-15-48-16-11-18-50(54(48)49)39-56-34-28-45(29-35-56)46-30-36-57(37-31-46)53-21-8-7-20-52(53)41(3)4/h5-22,24,26-37,40-42H,23,25,38-39H2,1-4H3/q+3. The molecule has 7 aromatic rings. The van der Waals surface area contributed by atoms with Gasteiger partial charge in [-0.25, -0.2) is 9.13 Å². The lowest BCUT2D eigenvalue weighted by molar-refractivity contribution is -0.688. The quantitative estimate of drug-likeness (QED) is 0.110. The van der Waals surface area contributed by atoms with Crippen LogP contribution in [-0.4, -0.2) is 0 Å². The summed E-state index contributed by atoms with van der Waals surface area (Å²) in [6, 6.07) is 44.4. The first kappa shape index (κ1) is 37.7. The van der Waals surface area contributed by atoms with Crippen molar-refractivity contribution in [1.82, 2.24) is 0 Å². The minimum atomic E-state index is 0.430. The highest BCUT2D eigenvalue weighted by molar-refractivity contribution is 5.88. The second-order valence-corrected chi connectivity index (χ2v) is 16.1. The molecule has 3 nitrogen and oxygen atoms in total. The first-order valence-electron chi connectivity index (χ1n) is 20.6. The molecule has 1 aliphatic rings. The van der Waals surface area contributed by atoms with Crippen LogP contribution in [0.25, 0.3) is 33.2 Å². The molecule has 57 heavy (non-hydrogen) atoms. The summed E-state index contributed by atoms with van der Waals surface area (Å²) in [6.07, 6.45) is 27.0. The molecule has 0 aliphatic heterocycles. The van der Waals surface area contributed by atoms with Gasteiger partial charge in [0, 0.05) is 64.5 Å². The van der Waals surface area contributed by atoms with E-state index in [4.69, 9.17) is 0 Å². The van der Waals surface area contributed by atoms with E-state index in [-0.39, 0.29) is 0 Å². The summed E-state index contributed by atoms with van der Waals surface area (Å²) in [5.41, 5.74) is 13.1. The zero-order chi connectivity index (χ0) is 39.1. The van der Waals surface area contributed by atoms with Crippen molar-refractivity contribution in [3.63, 3.8) is 0 Å². The number of allylic oxidation sites excluding steroid dienone is 6. The highest BCUT2D eigenvalue weighted by atomic mass is 14.9. The van der Waals surface area contributed by atoms with Crippen molar-refractivity contribution < 1.29 is 13.7 Å². The minimum Gasteiger partial charge on any atom is -0.201 e. The highest BCUT2D eigenvalue weighted by Gasteiger charge is 2.17. The molecule has 0 fully saturated rings. The van der Waals surface area contributed by atoms with Crippen LogP contribution >= 0.6 is 0 Å². The van der Waals surface area contributed by atoms with E-state index in [2.05, 4.69) is 230 Å². The van der Waals surface area contributed by atoms with E-state index in [9.17, 15) is 0 Å². The third-order valence-electron chi connectivity index (χ3n) is 11.5. The lowest BCUT2D eigenvalue weighted by atomic mass is 9.91. The molecule has 0 bridgehead atoms. The van der Waals surface area contributed by atoms with Crippen LogP contribution in [0.15, 0.2) is 189 Å². The van der Waals surface area contributed by atoms with Gasteiger partial charge in [0.15, 0.2) is 50.3 Å². The molecule has 0 spiro atoms. The van der Waals surface area contributed by atoms with E-state index in [1.807, 2.05) is 0 Å². The maximum absolute atomic E-state index is 2.38. The molecule has 0 N–H and O–H groups in total. The van der Waals surface area contributed by atoms with Crippen molar-refractivity contribution in [1.29, 1.82) is 0 Å². The van der Waals surface area contributed by atoms with Gasteiger partial charge in [0.25, 0.3) is 0 Å². The summed E-state index contributed by atoms with van der Waals surface area (Å²) < 4.78 is 6.81. The number of fused-ring (bicyclic) bond motifs is 1. The average Bonchev–Trinajstić information content (AvgIpc) is 3.49. The van der Waals surface area contributed by atoms with Crippen molar-refractivity contribution >= 4 is 16.3 Å². The summed E-state index contributed by atoms with van der Waals surface area (Å²) in [4.78, 5) is 0. The van der Waals surface area contributed by atoms with E-state index in [0.717, 1.165) is 25.9 Å². The number of hydrogen-bond donors (Lipinski definition) is 0. The minimum absolute atomic E-state index is 0.430. The Hall–Kier alpha value is -6.19. The molecule has 3 heterocycles. The predicted molar refractivity (Wildman–Crippen MR) is 235 cm³/mol. The van der Waals surface area contributed by atoms with Gasteiger partial charge in [-0.2, -0.15) is 4.57 Å². The topological polar surface area (TPSA) is 11.6 Å². The van der Waals surface area contributed by atoms with E-state index < -0.39 is 0 Å². The number of para-hydroxylation sites is 1. The van der Waals surface area contributed by atoms with Crippen LogP contribution in [0.2, 0.25) is 0 Å². The number of aromatic nitrogens is 3. The SMILES string of the molecule is CC(C)c1ccccc1CCC1C=CC=C(c2cc[n+](Cc3cccc4cccc(C[n+]5ccc(-c6cc[n+](-c7ccccc7C(C)C)cc6)cc5)c34)cc2)C=C1. The van der Waals surface area contributed by atoms with Crippen molar-refractivity contribution in [2.24, 2.45) is 5.92 Å². The van der Waals surface area contributed by atoms with Crippen LogP contribution in [0, 0.1) is 5.92 Å². The van der Waals surface area contributed by atoms with Crippen molar-refractivity contribution in [2.75, 3.05) is 0 Å². The summed E-state index contributed by atoms with van der Waals surface area (Å²) in [6.45, 7) is 10.7. The average molecular weight is 745 g/mol. The molecular weight excluding hydrogens is 691 g/mol. The fourth-order valence-electron chi connectivity index (χ4n) is 8.34. The summed E-state index contributed by atoms with van der Waals surface area (Å²) in [5.74, 6) is 1.45. The van der Waals surface area contributed by atoms with Crippen LogP contribution in [0.5, 0.6) is 0 Å². The lowest BCUT2D eigenvalue weighted by Gasteiger charge is -2.14. The second kappa shape index (κ2) is 17.3. The smallest absolute Gasteiger partial charge is 0.201 e. The number of benzene rings is 4. The molecule has 0 radical (unpaired) electrons. The highest BCUT2D eigenvalue weighted by Crippen LogP contribution is 2.27. The molecule has 0 saturated carbocycles. The molecule has 1 atom stereocenters. The third-order valence-corrected chi connectivity index (χ3v) is 11.5. The van der Waals surface area contributed by atoms with Crippen molar-refractivity contribution in [3.05, 3.63) is 222 Å². The Balaban J connectivity index is 0.939. The molecule has 1 aliphatic carbocycles. The van der Waals surface area contributed by atoms with Gasteiger partial charge in [-0.1, -0.05) is 137 Å². The van der Waals surface area contributed by atoms with Crippen LogP contribution in [0.3, 0.4) is 0 Å². The van der Waals surface area contributed by atoms with Crippen molar-refractivity contribution in [2.45, 2.75) is 65.5 Å². The second-order valence-electron chi connectivity index (χ2n) is 16.1. The van der Waals surface area contributed by atoms with Gasteiger partial charge in [0.1, 0.15) is 0 Å². The molecule has 0 amide bonds. The number of rotatable bonds is 12. The molecule has 8 rings (SSSR count). The lowest BCUT2D eigenvalue weighted by Crippen LogP contribution is -2.34. The van der Waals surface area contributed by atoms with E-state index >= 15 is 0 Å². The fraction of sp³-hybridized carbons (Fsp3) is 0.204. The number of aryl methyl sites for hydroxylation is 1. The van der Waals surface area contributed by atoms with Crippen molar-refractivity contribution in [3.8, 4) is 16.8 Å². The molecular formula is C54H54N3+3. The Labute approximate surface area is 339 Å². The zero-order valence-electron chi connectivity index (χ0n) is 33.8. The van der Waals surface area contributed by atoms with Crippen LogP contribution < -0.4 is 13.7 Å². The Morgan fingerprint density at radius 3 is 1.68 bits per heavy atom. The monoisotopic (exact) mass is 744 g/mol. The summed E-state index contributed by atoms with van der Waals surface area (Å²) >= 11 is 0. The Bertz CT molecular complexity index is 2550. The van der Waals surface area contributed by atoms with Gasteiger partial charge >= 0.3 is 0 Å². The van der Waals surface area contributed by atoms with Gasteiger partial charge in [-0.05, 0) is 69.4 Å². The maximum Gasteiger partial charge on any atom is 0.214 e. The van der Waals surface area contributed by atoms with E-state index in [0.29, 0.717) is 17.8 Å². The fourth-order valence-corrected chi connectivity index (χ4v) is 8.34. The third kappa shape index (κ3) is 8.79. The van der Waals surface area contributed by atoms with Gasteiger partial charge in [-0.3, -0.25) is 0 Å². The van der Waals surface area contributed by atoms with Gasteiger partial charge in [0.05, 0.1) is 0 Å². The molecule has 4 aromatic carbocycles. The van der Waals surface area contributed by atoms with Gasteiger partial charge < -0.3 is 0 Å². The Kier molecular flexibility index (Phi) is 11.5. The van der Waals surface area contributed by atoms with Gasteiger partial charge in [0.2, 0.25) is 5.69 Å². The maximum atomic E-state index is 2.38. The first-order chi connectivity index (χ1) is 27.9. The number of nitrogens with zero attached hydrogens (tertiary/aromatic N) is 3.